The molecule has 0 saturated carbocycles. The lowest BCUT2D eigenvalue weighted by Crippen LogP contribution is -2.35. The molecule has 1 unspecified atom stereocenters. The second-order valence-corrected chi connectivity index (χ2v) is 6.68. The Labute approximate surface area is 126 Å². The summed E-state index contributed by atoms with van der Waals surface area (Å²) in [6.07, 6.45) is 3.75. The second kappa shape index (κ2) is 7.18. The molecule has 1 aliphatic heterocycles. The highest BCUT2D eigenvalue weighted by molar-refractivity contribution is 5.39. The van der Waals surface area contributed by atoms with Gasteiger partial charge >= 0.3 is 0 Å². The second-order valence-electron chi connectivity index (χ2n) is 6.68. The fraction of sp³-hybridized carbons (Fsp3) is 0.688. The molecule has 0 amide bonds. The van der Waals surface area contributed by atoms with Crippen molar-refractivity contribution in [3.63, 3.8) is 0 Å². The lowest BCUT2D eigenvalue weighted by molar-refractivity contribution is 0.185. The summed E-state index contributed by atoms with van der Waals surface area (Å²) in [6, 6.07) is 1.73. The number of ether oxygens (including phenoxy) is 1. The molecule has 1 saturated heterocycles. The van der Waals surface area contributed by atoms with Crippen LogP contribution < -0.4 is 10.6 Å². The fourth-order valence-corrected chi connectivity index (χ4v) is 2.31. The zero-order valence-corrected chi connectivity index (χ0v) is 13.2. The smallest absolute Gasteiger partial charge is 0.169 e. The topological polar surface area (TPSA) is 46.2 Å². The first kappa shape index (κ1) is 16.2. The molecule has 118 valence electrons. The monoisotopic (exact) mass is 295 g/mol. The number of hydrogen-bond acceptors (Lipinski definition) is 4. The van der Waals surface area contributed by atoms with Gasteiger partial charge in [0.1, 0.15) is 0 Å². The average Bonchev–Trinajstić information content (AvgIpc) is 2.91. The van der Waals surface area contributed by atoms with Gasteiger partial charge in [0.15, 0.2) is 11.6 Å². The van der Waals surface area contributed by atoms with E-state index in [1.165, 1.54) is 0 Å². The first-order valence-electron chi connectivity index (χ1n) is 7.66. The van der Waals surface area contributed by atoms with E-state index in [1.54, 1.807) is 12.3 Å². The number of aromatic nitrogens is 1. The van der Waals surface area contributed by atoms with Crippen LogP contribution in [0.15, 0.2) is 12.3 Å². The Kier molecular flexibility index (Phi) is 5.53. The molecule has 2 heterocycles. The van der Waals surface area contributed by atoms with Crippen LogP contribution in [0.5, 0.6) is 0 Å². The van der Waals surface area contributed by atoms with Crippen LogP contribution in [-0.4, -0.2) is 30.3 Å². The minimum atomic E-state index is -0.253. The van der Waals surface area contributed by atoms with Gasteiger partial charge in [0.25, 0.3) is 0 Å². The van der Waals surface area contributed by atoms with Crippen LogP contribution in [0.3, 0.4) is 0 Å². The van der Waals surface area contributed by atoms with Gasteiger partial charge in [-0.2, -0.15) is 0 Å². The van der Waals surface area contributed by atoms with Crippen LogP contribution in [0.25, 0.3) is 0 Å². The zero-order chi connectivity index (χ0) is 15.3. The Morgan fingerprint density at radius 1 is 1.43 bits per heavy atom. The maximum Gasteiger partial charge on any atom is 0.169 e. The van der Waals surface area contributed by atoms with Crippen LogP contribution in [0.1, 0.15) is 39.2 Å². The van der Waals surface area contributed by atoms with Gasteiger partial charge in [-0.1, -0.05) is 0 Å². The summed E-state index contributed by atoms with van der Waals surface area (Å²) in [5.74, 6) is 0.686. The van der Waals surface area contributed by atoms with Crippen LogP contribution in [0.2, 0.25) is 0 Å². The molecule has 1 aromatic rings. The molecule has 0 radical (unpaired) electrons. The molecule has 0 bridgehead atoms. The van der Waals surface area contributed by atoms with Gasteiger partial charge in [-0.25, -0.2) is 9.37 Å². The van der Waals surface area contributed by atoms with Crippen LogP contribution in [0, 0.1) is 11.7 Å². The molecular weight excluding hydrogens is 269 g/mol. The van der Waals surface area contributed by atoms with E-state index in [0.29, 0.717) is 23.8 Å². The maximum atomic E-state index is 14.4. The summed E-state index contributed by atoms with van der Waals surface area (Å²) in [7, 11) is 0. The normalized spacial score (nSPS) is 19.0. The Morgan fingerprint density at radius 2 is 2.24 bits per heavy atom. The average molecular weight is 295 g/mol. The van der Waals surface area contributed by atoms with Crippen LogP contribution >= 0.6 is 0 Å². The van der Waals surface area contributed by atoms with E-state index in [1.807, 2.05) is 0 Å². The Balaban J connectivity index is 1.87. The van der Waals surface area contributed by atoms with Crippen LogP contribution in [-0.2, 0) is 11.3 Å². The van der Waals surface area contributed by atoms with E-state index in [4.69, 9.17) is 4.74 Å². The van der Waals surface area contributed by atoms with Gasteiger partial charge in [-0.15, -0.1) is 0 Å². The molecular formula is C16H26FN3O. The molecule has 0 spiro atoms. The van der Waals surface area contributed by atoms with E-state index in [-0.39, 0.29) is 11.4 Å². The molecule has 0 aromatic carbocycles. The maximum absolute atomic E-state index is 14.4. The minimum absolute atomic E-state index is 0.0359. The standard InChI is InChI=1S/C16H26FN3O/c1-16(2,3)20-10-13-5-8-19-15(14(13)17)18-7-4-12-6-9-21-11-12/h5,8,12,20H,4,6-7,9-11H2,1-3H3,(H,18,19). The number of halogens is 1. The van der Waals surface area contributed by atoms with Gasteiger partial charge in [-0.05, 0) is 45.6 Å². The van der Waals surface area contributed by atoms with E-state index >= 15 is 0 Å². The van der Waals surface area contributed by atoms with Crippen molar-refractivity contribution in [3.05, 3.63) is 23.6 Å². The molecule has 0 aliphatic carbocycles. The summed E-state index contributed by atoms with van der Waals surface area (Å²) in [5, 5.41) is 6.40. The molecule has 21 heavy (non-hydrogen) atoms. The third kappa shape index (κ3) is 5.25. The number of anilines is 1. The lowest BCUT2D eigenvalue weighted by Gasteiger charge is -2.21. The molecule has 2 rings (SSSR count). The minimum Gasteiger partial charge on any atom is -0.381 e. The van der Waals surface area contributed by atoms with Crippen molar-refractivity contribution in [2.45, 2.75) is 45.7 Å². The first-order chi connectivity index (χ1) is 9.96. The zero-order valence-electron chi connectivity index (χ0n) is 13.2. The Hall–Kier alpha value is -1.20. The Morgan fingerprint density at radius 3 is 2.90 bits per heavy atom. The SMILES string of the molecule is CC(C)(C)NCc1ccnc(NCCC2CCOC2)c1F. The van der Waals surface area contributed by atoms with Crippen molar-refractivity contribution in [3.8, 4) is 0 Å². The third-order valence-corrected chi connectivity index (χ3v) is 3.65. The summed E-state index contributed by atoms with van der Waals surface area (Å²) in [4.78, 5) is 4.10. The van der Waals surface area contributed by atoms with Crippen molar-refractivity contribution >= 4 is 5.82 Å². The van der Waals surface area contributed by atoms with E-state index in [9.17, 15) is 4.39 Å². The van der Waals surface area contributed by atoms with Crippen molar-refractivity contribution in [1.29, 1.82) is 0 Å². The van der Waals surface area contributed by atoms with Crippen LogP contribution in [0.4, 0.5) is 10.2 Å². The molecule has 5 heteroatoms. The predicted molar refractivity (Wildman–Crippen MR) is 82.8 cm³/mol. The van der Waals surface area contributed by atoms with Crippen molar-refractivity contribution in [2.75, 3.05) is 25.1 Å². The fourth-order valence-electron chi connectivity index (χ4n) is 2.31. The van der Waals surface area contributed by atoms with E-state index in [0.717, 1.165) is 32.6 Å². The van der Waals surface area contributed by atoms with Crippen molar-refractivity contribution in [1.82, 2.24) is 10.3 Å². The number of rotatable bonds is 6. The third-order valence-electron chi connectivity index (χ3n) is 3.65. The molecule has 4 nitrogen and oxygen atoms in total. The first-order valence-corrected chi connectivity index (χ1v) is 7.66. The highest BCUT2D eigenvalue weighted by Gasteiger charge is 2.16. The number of nitrogens with one attached hydrogen (secondary N) is 2. The molecule has 1 aliphatic rings. The van der Waals surface area contributed by atoms with Crippen molar-refractivity contribution in [2.24, 2.45) is 5.92 Å². The van der Waals surface area contributed by atoms with Gasteiger partial charge in [0.2, 0.25) is 0 Å². The quantitative estimate of drug-likeness (QED) is 0.847. The summed E-state index contributed by atoms with van der Waals surface area (Å²) < 4.78 is 19.7. The van der Waals surface area contributed by atoms with Gasteiger partial charge in [0.05, 0.1) is 0 Å². The van der Waals surface area contributed by atoms with Gasteiger partial charge in [0, 0.05) is 43.6 Å². The van der Waals surface area contributed by atoms with Gasteiger partial charge < -0.3 is 15.4 Å². The molecule has 1 aromatic heterocycles. The highest BCUT2D eigenvalue weighted by Crippen LogP contribution is 2.19. The molecule has 1 fully saturated rings. The number of hydrogen-bond donors (Lipinski definition) is 2. The van der Waals surface area contributed by atoms with E-state index < -0.39 is 0 Å². The molecule has 2 N–H and O–H groups in total. The predicted octanol–water partition coefficient (Wildman–Crippen LogP) is 2.95. The van der Waals surface area contributed by atoms with Gasteiger partial charge in [-0.3, -0.25) is 0 Å². The number of nitrogens with zero attached hydrogens (tertiary/aromatic N) is 1. The number of pyridine rings is 1. The molecule has 1 atom stereocenters. The largest absolute Gasteiger partial charge is 0.381 e. The highest BCUT2D eigenvalue weighted by atomic mass is 19.1. The van der Waals surface area contributed by atoms with Crippen molar-refractivity contribution < 1.29 is 9.13 Å². The Bertz CT molecular complexity index is 453. The summed E-state index contributed by atoms with van der Waals surface area (Å²) >= 11 is 0. The van der Waals surface area contributed by atoms with E-state index in [2.05, 4.69) is 36.4 Å². The summed E-state index contributed by atoms with van der Waals surface area (Å²) in [5.41, 5.74) is 0.609. The lowest BCUT2D eigenvalue weighted by atomic mass is 10.1. The summed E-state index contributed by atoms with van der Waals surface area (Å²) in [6.45, 7) is 9.11.